The second-order valence-electron chi connectivity index (χ2n) is 5.47. The molecule has 0 unspecified atom stereocenters. The maximum absolute atomic E-state index is 11.9. The molecule has 0 aliphatic heterocycles. The van der Waals surface area contributed by atoms with E-state index in [1.165, 1.54) is 0 Å². The molecular weight excluding hydrogens is 354 g/mol. The van der Waals surface area contributed by atoms with Crippen LogP contribution in [0.1, 0.15) is 5.56 Å². The molecule has 0 bridgehead atoms. The van der Waals surface area contributed by atoms with Crippen molar-refractivity contribution in [2.24, 2.45) is 0 Å². The van der Waals surface area contributed by atoms with Crippen molar-refractivity contribution >= 4 is 29.3 Å². The number of carbonyl (C=O) groups is 1. The van der Waals surface area contributed by atoms with E-state index in [4.69, 9.17) is 11.6 Å². The van der Waals surface area contributed by atoms with Crippen molar-refractivity contribution < 1.29 is 4.79 Å². The van der Waals surface area contributed by atoms with Crippen molar-refractivity contribution in [1.82, 2.24) is 15.3 Å². The minimum atomic E-state index is 0.0353. The summed E-state index contributed by atoms with van der Waals surface area (Å²) in [6, 6.07) is 17.3. The first-order valence-corrected chi connectivity index (χ1v) is 9.31. The number of amides is 1. The van der Waals surface area contributed by atoms with Gasteiger partial charge in [0.05, 0.1) is 18.3 Å². The fourth-order valence-corrected chi connectivity index (χ4v) is 3.17. The molecular formula is C19H18ClN3OS. The summed E-state index contributed by atoms with van der Waals surface area (Å²) < 4.78 is 0. The van der Waals surface area contributed by atoms with Gasteiger partial charge in [-0.25, -0.2) is 4.98 Å². The molecule has 0 fully saturated rings. The highest BCUT2D eigenvalue weighted by atomic mass is 35.5. The first kappa shape index (κ1) is 17.6. The van der Waals surface area contributed by atoms with Crippen molar-refractivity contribution in [2.45, 2.75) is 11.6 Å². The Balaban J connectivity index is 1.42. The summed E-state index contributed by atoms with van der Waals surface area (Å²) in [6.07, 6.45) is 2.21. The number of imidazole rings is 1. The monoisotopic (exact) mass is 371 g/mol. The van der Waals surface area contributed by atoms with Gasteiger partial charge in [0.15, 0.2) is 5.16 Å². The van der Waals surface area contributed by atoms with Crippen LogP contribution in [0, 0.1) is 0 Å². The van der Waals surface area contributed by atoms with Crippen LogP contribution in [-0.2, 0) is 11.2 Å². The lowest BCUT2D eigenvalue weighted by molar-refractivity contribution is -0.120. The standard InChI is InChI=1S/C19H18ClN3OS/c20-16-8-6-15(7-9-16)17-13-22-19(23-17)25-11-10-21-18(24)12-14-4-2-1-3-5-14/h1-9,13H,10-12H2,(H,21,24)(H,22,23). The third kappa shape index (κ3) is 5.37. The van der Waals surface area contributed by atoms with Crippen molar-refractivity contribution in [1.29, 1.82) is 0 Å². The molecule has 6 heteroatoms. The van der Waals surface area contributed by atoms with Gasteiger partial charge in [0.25, 0.3) is 0 Å². The highest BCUT2D eigenvalue weighted by Crippen LogP contribution is 2.22. The average molecular weight is 372 g/mol. The Bertz CT molecular complexity index is 818. The average Bonchev–Trinajstić information content (AvgIpc) is 3.09. The number of nitrogens with zero attached hydrogens (tertiary/aromatic N) is 1. The van der Waals surface area contributed by atoms with Crippen LogP contribution in [-0.4, -0.2) is 28.2 Å². The number of hydrogen-bond acceptors (Lipinski definition) is 3. The molecule has 0 spiro atoms. The second-order valence-corrected chi connectivity index (χ2v) is 6.99. The van der Waals surface area contributed by atoms with Crippen LogP contribution in [0.15, 0.2) is 66.0 Å². The molecule has 2 aromatic carbocycles. The Morgan fingerprint density at radius 3 is 2.64 bits per heavy atom. The molecule has 25 heavy (non-hydrogen) atoms. The fourth-order valence-electron chi connectivity index (χ4n) is 2.33. The van der Waals surface area contributed by atoms with Gasteiger partial charge in [0.2, 0.25) is 5.91 Å². The Hall–Kier alpha value is -2.24. The van der Waals surface area contributed by atoms with Crippen molar-refractivity contribution in [2.75, 3.05) is 12.3 Å². The minimum Gasteiger partial charge on any atom is -0.355 e. The molecule has 1 heterocycles. The van der Waals surface area contributed by atoms with Crippen LogP contribution in [0.25, 0.3) is 11.3 Å². The molecule has 128 valence electrons. The summed E-state index contributed by atoms with van der Waals surface area (Å²) in [6.45, 7) is 0.604. The van der Waals surface area contributed by atoms with E-state index in [1.54, 1.807) is 18.0 Å². The van der Waals surface area contributed by atoms with Crippen molar-refractivity contribution in [3.05, 3.63) is 71.4 Å². The van der Waals surface area contributed by atoms with Gasteiger partial charge in [-0.3, -0.25) is 4.79 Å². The quantitative estimate of drug-likeness (QED) is 0.484. The van der Waals surface area contributed by atoms with E-state index in [2.05, 4.69) is 15.3 Å². The van der Waals surface area contributed by atoms with Crippen LogP contribution in [0.4, 0.5) is 0 Å². The number of rotatable bonds is 7. The number of benzene rings is 2. The summed E-state index contributed by atoms with van der Waals surface area (Å²) >= 11 is 7.48. The Morgan fingerprint density at radius 1 is 1.12 bits per heavy atom. The number of thioether (sulfide) groups is 1. The number of nitrogens with one attached hydrogen (secondary N) is 2. The number of aromatic amines is 1. The van der Waals surface area contributed by atoms with E-state index in [1.807, 2.05) is 54.6 Å². The van der Waals surface area contributed by atoms with E-state index in [0.29, 0.717) is 18.0 Å². The van der Waals surface area contributed by atoms with Gasteiger partial charge < -0.3 is 10.3 Å². The smallest absolute Gasteiger partial charge is 0.224 e. The lowest BCUT2D eigenvalue weighted by atomic mass is 10.1. The van der Waals surface area contributed by atoms with E-state index >= 15 is 0 Å². The molecule has 1 aromatic heterocycles. The predicted molar refractivity (Wildman–Crippen MR) is 103 cm³/mol. The third-order valence-corrected chi connectivity index (χ3v) is 4.72. The van der Waals surface area contributed by atoms with Crippen molar-refractivity contribution in [3.8, 4) is 11.3 Å². The van der Waals surface area contributed by atoms with Gasteiger partial charge in [-0.05, 0) is 23.3 Å². The van der Waals surface area contributed by atoms with E-state index < -0.39 is 0 Å². The highest BCUT2D eigenvalue weighted by molar-refractivity contribution is 7.99. The molecule has 0 aliphatic rings. The number of aromatic nitrogens is 2. The number of H-pyrrole nitrogens is 1. The minimum absolute atomic E-state index is 0.0353. The molecule has 0 aliphatic carbocycles. The maximum Gasteiger partial charge on any atom is 0.224 e. The molecule has 0 radical (unpaired) electrons. The summed E-state index contributed by atoms with van der Waals surface area (Å²) in [5.74, 6) is 0.793. The van der Waals surface area contributed by atoms with Crippen molar-refractivity contribution in [3.63, 3.8) is 0 Å². The summed E-state index contributed by atoms with van der Waals surface area (Å²) in [5, 5.41) is 4.48. The van der Waals surface area contributed by atoms with Gasteiger partial charge in [0.1, 0.15) is 0 Å². The highest BCUT2D eigenvalue weighted by Gasteiger charge is 2.05. The van der Waals surface area contributed by atoms with Crippen LogP contribution < -0.4 is 5.32 Å². The molecule has 1 amide bonds. The van der Waals surface area contributed by atoms with Crippen LogP contribution in [0.2, 0.25) is 5.02 Å². The van der Waals surface area contributed by atoms with Gasteiger partial charge in [-0.1, -0.05) is 65.8 Å². The van der Waals surface area contributed by atoms with E-state index in [0.717, 1.165) is 27.7 Å². The largest absolute Gasteiger partial charge is 0.355 e. The molecule has 2 N–H and O–H groups in total. The number of halogens is 1. The molecule has 4 nitrogen and oxygen atoms in total. The van der Waals surface area contributed by atoms with Gasteiger partial charge >= 0.3 is 0 Å². The van der Waals surface area contributed by atoms with Gasteiger partial charge in [-0.2, -0.15) is 0 Å². The van der Waals surface area contributed by atoms with E-state index in [9.17, 15) is 4.79 Å². The van der Waals surface area contributed by atoms with E-state index in [-0.39, 0.29) is 5.91 Å². The lowest BCUT2D eigenvalue weighted by Crippen LogP contribution is -2.27. The normalized spacial score (nSPS) is 10.6. The first-order valence-electron chi connectivity index (χ1n) is 7.95. The Labute approximate surface area is 156 Å². The van der Waals surface area contributed by atoms with Gasteiger partial charge in [-0.15, -0.1) is 0 Å². The fraction of sp³-hybridized carbons (Fsp3) is 0.158. The second kappa shape index (κ2) is 8.74. The molecule has 0 atom stereocenters. The summed E-state index contributed by atoms with van der Waals surface area (Å²) in [5.41, 5.74) is 3.01. The van der Waals surface area contributed by atoms with Crippen LogP contribution >= 0.6 is 23.4 Å². The van der Waals surface area contributed by atoms with Crippen LogP contribution in [0.5, 0.6) is 0 Å². The number of hydrogen-bond donors (Lipinski definition) is 2. The van der Waals surface area contributed by atoms with Crippen LogP contribution in [0.3, 0.4) is 0 Å². The molecule has 3 aromatic rings. The topological polar surface area (TPSA) is 57.8 Å². The zero-order chi connectivity index (χ0) is 17.5. The molecule has 0 saturated heterocycles. The first-order chi connectivity index (χ1) is 12.2. The van der Waals surface area contributed by atoms with Gasteiger partial charge in [0, 0.05) is 17.3 Å². The third-order valence-electron chi connectivity index (χ3n) is 3.58. The Morgan fingerprint density at radius 2 is 1.88 bits per heavy atom. The summed E-state index contributed by atoms with van der Waals surface area (Å²) in [4.78, 5) is 19.5. The zero-order valence-electron chi connectivity index (χ0n) is 13.5. The lowest BCUT2D eigenvalue weighted by Gasteiger charge is -2.04. The maximum atomic E-state index is 11.9. The SMILES string of the molecule is O=C(Cc1ccccc1)NCCSc1ncc(-c2ccc(Cl)cc2)[nH]1. The Kier molecular flexibility index (Phi) is 6.14. The number of carbonyl (C=O) groups excluding carboxylic acids is 1. The predicted octanol–water partition coefficient (Wildman–Crippen LogP) is 4.18. The summed E-state index contributed by atoms with van der Waals surface area (Å²) in [7, 11) is 0. The molecule has 3 rings (SSSR count). The molecule has 0 saturated carbocycles. The zero-order valence-corrected chi connectivity index (χ0v) is 15.1.